The molecular weight excluding hydrogens is 346 g/mol. The number of aliphatic hydroxyl groups excluding tert-OH is 1. The lowest BCUT2D eigenvalue weighted by Crippen LogP contribution is -2.35. The molecule has 1 saturated heterocycles. The van der Waals surface area contributed by atoms with E-state index in [4.69, 9.17) is 15.2 Å². The number of aliphatic hydroxyl groups is 1. The van der Waals surface area contributed by atoms with Crippen LogP contribution in [-0.4, -0.2) is 55.3 Å². The number of thiol groups is 1. The number of ether oxygens (including phenoxy) is 2. The van der Waals surface area contributed by atoms with E-state index < -0.39 is 30.1 Å². The van der Waals surface area contributed by atoms with E-state index in [0.29, 0.717) is 30.3 Å². The Bertz CT molecular complexity index is 807. The smallest absolute Gasteiger partial charge is 0.280 e. The fourth-order valence-electron chi connectivity index (χ4n) is 3.16. The van der Waals surface area contributed by atoms with E-state index in [1.807, 2.05) is 13.8 Å². The summed E-state index contributed by atoms with van der Waals surface area (Å²) in [5.74, 6) is 0.981. The predicted molar refractivity (Wildman–Crippen MR) is 95.7 cm³/mol. The van der Waals surface area contributed by atoms with E-state index >= 15 is 0 Å². The maximum atomic E-state index is 12.2. The van der Waals surface area contributed by atoms with E-state index in [1.54, 1.807) is 4.57 Å². The molecular formula is C15H23N5O4S. The van der Waals surface area contributed by atoms with Gasteiger partial charge in [-0.25, -0.2) is 4.98 Å². The van der Waals surface area contributed by atoms with Crippen molar-refractivity contribution in [1.82, 2.24) is 19.5 Å². The van der Waals surface area contributed by atoms with Gasteiger partial charge >= 0.3 is 0 Å². The molecule has 0 unspecified atom stereocenters. The van der Waals surface area contributed by atoms with Crippen LogP contribution in [-0.2, 0) is 15.9 Å². The number of aryl methyl sites for hydroxylation is 1. The second-order valence-electron chi connectivity index (χ2n) is 5.93. The summed E-state index contributed by atoms with van der Waals surface area (Å²) in [6.07, 6.45) is -1.16. The van der Waals surface area contributed by atoms with Crippen LogP contribution in [0.5, 0.6) is 0 Å². The topological polar surface area (TPSA) is 128 Å². The number of hydrogen-bond donors (Lipinski definition) is 4. The number of fused-ring (bicyclic) bond motifs is 1. The van der Waals surface area contributed by atoms with Gasteiger partial charge in [0, 0.05) is 18.8 Å². The van der Waals surface area contributed by atoms with E-state index in [0.717, 1.165) is 6.42 Å². The molecule has 1 fully saturated rings. The Morgan fingerprint density at radius 3 is 2.84 bits per heavy atom. The fourth-order valence-corrected chi connectivity index (χ4v) is 3.46. The number of imidazole rings is 1. The third-order valence-electron chi connectivity index (χ3n) is 4.22. The van der Waals surface area contributed by atoms with Crippen molar-refractivity contribution in [2.24, 2.45) is 0 Å². The quantitative estimate of drug-likeness (QED) is 0.537. The van der Waals surface area contributed by atoms with E-state index in [2.05, 4.69) is 27.6 Å². The molecule has 0 spiro atoms. The lowest BCUT2D eigenvalue weighted by Gasteiger charge is -2.23. The van der Waals surface area contributed by atoms with Gasteiger partial charge in [0.25, 0.3) is 5.56 Å². The van der Waals surface area contributed by atoms with Gasteiger partial charge in [-0.1, -0.05) is 6.92 Å². The fraction of sp³-hybridized carbons (Fsp3) is 0.667. The van der Waals surface area contributed by atoms with Gasteiger partial charge in [0.15, 0.2) is 17.4 Å². The Kier molecular flexibility index (Phi) is 5.32. The van der Waals surface area contributed by atoms with Gasteiger partial charge in [0.05, 0.1) is 6.10 Å². The van der Waals surface area contributed by atoms with Crippen LogP contribution in [0.3, 0.4) is 0 Å². The van der Waals surface area contributed by atoms with Crippen LogP contribution in [0.25, 0.3) is 11.2 Å². The standard InChI is InChI=1S/C15H23N5O4S/c1-3-5-8-17-9-12(18-15(16)19-13(9)22)20(8)14-11(23-4-2)10(21)7(6-25)24-14/h7,10-11,14,21,25H,3-6H2,1-2H3,(H3,16,18,19,22)/t7-,10-,11-,14-/m1/s1. The highest BCUT2D eigenvalue weighted by Crippen LogP contribution is 2.35. The minimum absolute atomic E-state index is 0.000973. The van der Waals surface area contributed by atoms with Crippen LogP contribution in [0.2, 0.25) is 0 Å². The Morgan fingerprint density at radius 1 is 1.44 bits per heavy atom. The molecule has 1 aliphatic rings. The van der Waals surface area contributed by atoms with Gasteiger partial charge in [-0.15, -0.1) is 0 Å². The van der Waals surface area contributed by atoms with Crippen molar-refractivity contribution >= 4 is 29.7 Å². The van der Waals surface area contributed by atoms with Crippen LogP contribution in [0.15, 0.2) is 4.79 Å². The van der Waals surface area contributed by atoms with Gasteiger partial charge in [-0.3, -0.25) is 14.3 Å². The Balaban J connectivity index is 2.18. The molecule has 0 saturated carbocycles. The number of nitrogen functional groups attached to an aromatic ring is 1. The van der Waals surface area contributed by atoms with Gasteiger partial charge in [0.2, 0.25) is 5.95 Å². The Morgan fingerprint density at radius 2 is 2.20 bits per heavy atom. The number of H-pyrrole nitrogens is 1. The van der Waals surface area contributed by atoms with Crippen LogP contribution in [0.1, 0.15) is 32.3 Å². The van der Waals surface area contributed by atoms with Crippen LogP contribution >= 0.6 is 12.6 Å². The number of aromatic amines is 1. The number of nitrogens with one attached hydrogen (secondary N) is 1. The molecule has 0 bridgehead atoms. The Hall–Kier alpha value is -1.62. The molecule has 4 atom stereocenters. The van der Waals surface area contributed by atoms with Crippen molar-refractivity contribution in [3.63, 3.8) is 0 Å². The SMILES string of the molecule is CCCc1nc2c(=O)[nH]c(N)nc2n1[C@@H]1O[C@H](CS)[C@@H](O)[C@H]1OCC. The monoisotopic (exact) mass is 369 g/mol. The van der Waals surface area contributed by atoms with Crippen molar-refractivity contribution in [1.29, 1.82) is 0 Å². The minimum atomic E-state index is -0.839. The van der Waals surface area contributed by atoms with Gasteiger partial charge in [-0.2, -0.15) is 17.6 Å². The third kappa shape index (κ3) is 3.14. The second-order valence-corrected chi connectivity index (χ2v) is 6.29. The number of hydrogen-bond acceptors (Lipinski definition) is 8. The zero-order valence-electron chi connectivity index (χ0n) is 14.2. The average Bonchev–Trinajstić information content (AvgIpc) is 3.07. The molecule has 4 N–H and O–H groups in total. The largest absolute Gasteiger partial charge is 0.387 e. The van der Waals surface area contributed by atoms with Crippen molar-refractivity contribution < 1.29 is 14.6 Å². The van der Waals surface area contributed by atoms with E-state index in [9.17, 15) is 9.90 Å². The van der Waals surface area contributed by atoms with Gasteiger partial charge in [0.1, 0.15) is 18.0 Å². The molecule has 1 aliphatic heterocycles. The highest BCUT2D eigenvalue weighted by molar-refractivity contribution is 7.80. The molecule has 2 aromatic heterocycles. The number of anilines is 1. The molecule has 0 aromatic carbocycles. The highest BCUT2D eigenvalue weighted by Gasteiger charge is 2.46. The number of rotatable bonds is 6. The van der Waals surface area contributed by atoms with E-state index in [1.165, 1.54) is 0 Å². The average molecular weight is 369 g/mol. The molecule has 2 aromatic rings. The van der Waals surface area contributed by atoms with Gasteiger partial charge in [-0.05, 0) is 13.3 Å². The highest BCUT2D eigenvalue weighted by atomic mass is 32.1. The van der Waals surface area contributed by atoms with Gasteiger partial charge < -0.3 is 20.3 Å². The molecule has 138 valence electrons. The zero-order valence-corrected chi connectivity index (χ0v) is 15.1. The maximum Gasteiger partial charge on any atom is 0.280 e. The second kappa shape index (κ2) is 7.32. The van der Waals surface area contributed by atoms with Crippen molar-refractivity contribution in [2.45, 2.75) is 51.2 Å². The molecule has 0 amide bonds. The summed E-state index contributed by atoms with van der Waals surface area (Å²) in [6.45, 7) is 4.26. The summed E-state index contributed by atoms with van der Waals surface area (Å²) in [7, 11) is 0. The van der Waals surface area contributed by atoms with Crippen molar-refractivity contribution in [3.05, 3.63) is 16.2 Å². The summed E-state index contributed by atoms with van der Waals surface area (Å²) in [6, 6.07) is 0. The number of nitrogens with two attached hydrogens (primary N) is 1. The predicted octanol–water partition coefficient (Wildman–Crippen LogP) is 0.247. The first-order valence-corrected chi connectivity index (χ1v) is 8.97. The van der Waals surface area contributed by atoms with Crippen LogP contribution < -0.4 is 11.3 Å². The summed E-state index contributed by atoms with van der Waals surface area (Å²) >= 11 is 4.24. The Labute approximate surface area is 150 Å². The molecule has 0 radical (unpaired) electrons. The normalized spacial score (nSPS) is 26.6. The first-order valence-electron chi connectivity index (χ1n) is 8.34. The first kappa shape index (κ1) is 18.2. The zero-order chi connectivity index (χ0) is 18.1. The lowest BCUT2D eigenvalue weighted by atomic mass is 10.1. The lowest BCUT2D eigenvalue weighted by molar-refractivity contribution is -0.0630. The van der Waals surface area contributed by atoms with Crippen molar-refractivity contribution in [3.8, 4) is 0 Å². The molecule has 0 aliphatic carbocycles. The maximum absolute atomic E-state index is 12.2. The first-order chi connectivity index (χ1) is 12.0. The molecule has 25 heavy (non-hydrogen) atoms. The van der Waals surface area contributed by atoms with Crippen LogP contribution in [0.4, 0.5) is 5.95 Å². The number of nitrogens with zero attached hydrogens (tertiary/aromatic N) is 3. The summed E-state index contributed by atoms with van der Waals surface area (Å²) in [4.78, 5) is 23.3. The summed E-state index contributed by atoms with van der Waals surface area (Å²) < 4.78 is 13.4. The minimum Gasteiger partial charge on any atom is -0.387 e. The molecule has 3 rings (SSSR count). The molecule has 10 heteroatoms. The third-order valence-corrected chi connectivity index (χ3v) is 4.58. The molecule has 3 heterocycles. The summed E-state index contributed by atoms with van der Waals surface area (Å²) in [5.41, 5.74) is 5.82. The van der Waals surface area contributed by atoms with E-state index in [-0.39, 0.29) is 11.5 Å². The van der Waals surface area contributed by atoms with Crippen LogP contribution in [0, 0.1) is 0 Å². The summed E-state index contributed by atoms with van der Waals surface area (Å²) in [5, 5.41) is 10.5. The van der Waals surface area contributed by atoms with Crippen molar-refractivity contribution in [2.75, 3.05) is 18.1 Å². The number of aromatic nitrogens is 4. The molecule has 9 nitrogen and oxygen atoms in total.